The predicted molar refractivity (Wildman–Crippen MR) is 128 cm³/mol. The zero-order chi connectivity index (χ0) is 22.8. The zero-order valence-electron chi connectivity index (χ0n) is 19.6. The molecule has 5 rings (SSSR count). The second kappa shape index (κ2) is 9.62. The average Bonchev–Trinajstić information content (AvgIpc) is 3.34. The van der Waals surface area contributed by atoms with E-state index in [2.05, 4.69) is 0 Å². The molecule has 6 nitrogen and oxygen atoms in total. The lowest BCUT2D eigenvalue weighted by Gasteiger charge is -2.37. The summed E-state index contributed by atoms with van der Waals surface area (Å²) in [7, 11) is 0. The molecule has 3 heterocycles. The summed E-state index contributed by atoms with van der Waals surface area (Å²) in [5, 5.41) is 0. The maximum absolute atomic E-state index is 13.3. The molecule has 1 aliphatic carbocycles. The summed E-state index contributed by atoms with van der Waals surface area (Å²) in [5.41, 5.74) is 3.09. The van der Waals surface area contributed by atoms with Gasteiger partial charge in [-0.2, -0.15) is 0 Å². The highest BCUT2D eigenvalue weighted by molar-refractivity contribution is 5.95. The summed E-state index contributed by atoms with van der Waals surface area (Å²) in [6, 6.07) is 9.98. The Kier molecular flexibility index (Phi) is 6.43. The Bertz CT molecular complexity index is 1020. The lowest BCUT2D eigenvalue weighted by Crippen LogP contribution is -2.41. The summed E-state index contributed by atoms with van der Waals surface area (Å²) in [6.45, 7) is 3.31. The van der Waals surface area contributed by atoms with Gasteiger partial charge in [-0.3, -0.25) is 14.5 Å². The molecular formula is C27H34N4O2. The Morgan fingerprint density at radius 2 is 1.76 bits per heavy atom. The van der Waals surface area contributed by atoms with Crippen molar-refractivity contribution in [2.24, 2.45) is 5.92 Å². The number of nitrogens with zero attached hydrogens (tertiary/aromatic N) is 4. The minimum Gasteiger partial charge on any atom is -0.332 e. The van der Waals surface area contributed by atoms with Crippen molar-refractivity contribution in [3.8, 4) is 0 Å². The Labute approximate surface area is 196 Å². The van der Waals surface area contributed by atoms with Crippen LogP contribution in [0, 0.1) is 12.8 Å². The summed E-state index contributed by atoms with van der Waals surface area (Å²) in [6.07, 6.45) is 9.67. The van der Waals surface area contributed by atoms with Crippen molar-refractivity contribution in [2.45, 2.75) is 83.7 Å². The molecule has 0 bridgehead atoms. The Morgan fingerprint density at radius 1 is 1.00 bits per heavy atom. The number of hydrogen-bond donors (Lipinski definition) is 0. The van der Waals surface area contributed by atoms with Crippen molar-refractivity contribution in [1.29, 1.82) is 0 Å². The molecule has 2 amide bonds. The van der Waals surface area contributed by atoms with Gasteiger partial charge >= 0.3 is 0 Å². The van der Waals surface area contributed by atoms with E-state index in [1.807, 2.05) is 47.1 Å². The highest BCUT2D eigenvalue weighted by Gasteiger charge is 2.34. The van der Waals surface area contributed by atoms with Crippen LogP contribution in [0.1, 0.15) is 86.5 Å². The number of benzene rings is 1. The van der Waals surface area contributed by atoms with Crippen molar-refractivity contribution in [3.05, 3.63) is 53.0 Å². The number of aryl methyl sites for hydroxylation is 1. The number of rotatable bonds is 5. The SMILES string of the molecule is Cc1nc(C2CCCCN2C(=O)CC2CCCC2)nc2c1CCC(=O)N2Cc1ccccc1. The fourth-order valence-corrected chi connectivity index (χ4v) is 5.76. The van der Waals surface area contributed by atoms with Gasteiger partial charge in [-0.05, 0) is 56.9 Å². The molecule has 6 heteroatoms. The molecule has 174 valence electrons. The van der Waals surface area contributed by atoms with Gasteiger partial charge in [0.05, 0.1) is 12.6 Å². The van der Waals surface area contributed by atoms with E-state index in [4.69, 9.17) is 9.97 Å². The number of likely N-dealkylation sites (tertiary alicyclic amines) is 1. The molecule has 2 aromatic rings. The van der Waals surface area contributed by atoms with E-state index in [1.165, 1.54) is 25.7 Å². The fourth-order valence-electron chi connectivity index (χ4n) is 5.76. The van der Waals surface area contributed by atoms with Crippen LogP contribution in [-0.4, -0.2) is 33.2 Å². The number of amides is 2. The normalized spacial score (nSPS) is 21.4. The summed E-state index contributed by atoms with van der Waals surface area (Å²) >= 11 is 0. The molecule has 1 saturated carbocycles. The molecule has 33 heavy (non-hydrogen) atoms. The highest BCUT2D eigenvalue weighted by Crippen LogP contribution is 2.36. The zero-order valence-corrected chi connectivity index (χ0v) is 19.6. The fraction of sp³-hybridized carbons (Fsp3) is 0.556. The maximum Gasteiger partial charge on any atom is 0.228 e. The monoisotopic (exact) mass is 446 g/mol. The number of anilines is 1. The third kappa shape index (κ3) is 4.66. The smallest absolute Gasteiger partial charge is 0.228 e. The van der Waals surface area contributed by atoms with Crippen LogP contribution in [0.3, 0.4) is 0 Å². The molecule has 1 aromatic carbocycles. The first-order chi connectivity index (χ1) is 16.1. The molecule has 0 N–H and O–H groups in total. The van der Waals surface area contributed by atoms with Crippen LogP contribution in [0.5, 0.6) is 0 Å². The number of carbonyl (C=O) groups is 2. The van der Waals surface area contributed by atoms with E-state index in [0.717, 1.165) is 48.4 Å². The van der Waals surface area contributed by atoms with Crippen molar-refractivity contribution >= 4 is 17.6 Å². The van der Waals surface area contributed by atoms with Crippen LogP contribution in [-0.2, 0) is 22.6 Å². The second-order valence-corrected chi connectivity index (χ2v) is 9.89. The Hall–Kier alpha value is -2.76. The van der Waals surface area contributed by atoms with Gasteiger partial charge in [0.2, 0.25) is 11.8 Å². The van der Waals surface area contributed by atoms with Crippen LogP contribution >= 0.6 is 0 Å². The van der Waals surface area contributed by atoms with Gasteiger partial charge in [0, 0.05) is 30.6 Å². The van der Waals surface area contributed by atoms with Crippen molar-refractivity contribution in [2.75, 3.05) is 11.4 Å². The summed E-state index contributed by atoms with van der Waals surface area (Å²) in [4.78, 5) is 39.9. The molecule has 1 unspecified atom stereocenters. The van der Waals surface area contributed by atoms with E-state index in [-0.39, 0.29) is 17.9 Å². The number of fused-ring (bicyclic) bond motifs is 1. The molecule has 2 fully saturated rings. The van der Waals surface area contributed by atoms with E-state index >= 15 is 0 Å². The van der Waals surface area contributed by atoms with Gasteiger partial charge in [-0.25, -0.2) is 9.97 Å². The molecule has 0 spiro atoms. The van der Waals surface area contributed by atoms with Crippen molar-refractivity contribution < 1.29 is 9.59 Å². The molecule has 0 radical (unpaired) electrons. The first kappa shape index (κ1) is 22.1. The van der Waals surface area contributed by atoms with Crippen LogP contribution in [0.25, 0.3) is 0 Å². The quantitative estimate of drug-likeness (QED) is 0.655. The molecule has 1 aromatic heterocycles. The lowest BCUT2D eigenvalue weighted by molar-refractivity contribution is -0.136. The van der Waals surface area contributed by atoms with Crippen LogP contribution in [0.2, 0.25) is 0 Å². The van der Waals surface area contributed by atoms with Crippen molar-refractivity contribution in [3.63, 3.8) is 0 Å². The number of aromatic nitrogens is 2. The minimum atomic E-state index is -0.0905. The van der Waals surface area contributed by atoms with E-state index in [1.54, 1.807) is 0 Å². The third-order valence-corrected chi connectivity index (χ3v) is 7.60. The van der Waals surface area contributed by atoms with Gasteiger partial charge in [0.15, 0.2) is 5.82 Å². The molecule has 3 aliphatic rings. The predicted octanol–water partition coefficient (Wildman–Crippen LogP) is 4.90. The Morgan fingerprint density at radius 3 is 2.55 bits per heavy atom. The standard InChI is InChI=1S/C27H34N4O2/c1-19-22-14-15-24(32)31(18-21-11-3-2-4-12-21)27(22)29-26(28-19)23-13-7-8-16-30(23)25(33)17-20-9-5-6-10-20/h2-4,11-12,20,23H,5-10,13-18H2,1H3. The lowest BCUT2D eigenvalue weighted by atomic mass is 9.97. The maximum atomic E-state index is 13.3. The van der Waals surface area contributed by atoms with E-state index in [9.17, 15) is 9.59 Å². The Balaban J connectivity index is 1.45. The first-order valence-corrected chi connectivity index (χ1v) is 12.6. The summed E-state index contributed by atoms with van der Waals surface area (Å²) in [5.74, 6) is 2.34. The van der Waals surface area contributed by atoms with Gasteiger partial charge in [-0.15, -0.1) is 0 Å². The second-order valence-electron chi connectivity index (χ2n) is 9.89. The topological polar surface area (TPSA) is 66.4 Å². The average molecular weight is 447 g/mol. The van der Waals surface area contributed by atoms with Gasteiger partial charge in [-0.1, -0.05) is 43.2 Å². The largest absolute Gasteiger partial charge is 0.332 e. The van der Waals surface area contributed by atoms with Gasteiger partial charge < -0.3 is 4.90 Å². The van der Waals surface area contributed by atoms with E-state index < -0.39 is 0 Å². The summed E-state index contributed by atoms with van der Waals surface area (Å²) < 4.78 is 0. The minimum absolute atomic E-state index is 0.0905. The molecule has 1 saturated heterocycles. The van der Waals surface area contributed by atoms with Crippen LogP contribution in [0.15, 0.2) is 30.3 Å². The van der Waals surface area contributed by atoms with Crippen LogP contribution in [0.4, 0.5) is 5.82 Å². The number of piperidine rings is 1. The first-order valence-electron chi connectivity index (χ1n) is 12.6. The molecule has 2 aliphatic heterocycles. The van der Waals surface area contributed by atoms with Gasteiger partial charge in [0.25, 0.3) is 0 Å². The van der Waals surface area contributed by atoms with Crippen LogP contribution < -0.4 is 4.90 Å². The third-order valence-electron chi connectivity index (χ3n) is 7.60. The molecule has 1 atom stereocenters. The number of carbonyl (C=O) groups excluding carboxylic acids is 2. The van der Waals surface area contributed by atoms with Gasteiger partial charge in [0.1, 0.15) is 5.82 Å². The number of hydrogen-bond acceptors (Lipinski definition) is 4. The van der Waals surface area contributed by atoms with Crippen molar-refractivity contribution in [1.82, 2.24) is 14.9 Å². The highest BCUT2D eigenvalue weighted by atomic mass is 16.2. The molecular weight excluding hydrogens is 412 g/mol. The van der Waals surface area contributed by atoms with E-state index in [0.29, 0.717) is 37.5 Å².